The first-order valence-electron chi connectivity index (χ1n) is 11.3. The number of rotatable bonds is 7. The van der Waals surface area contributed by atoms with Crippen LogP contribution in [0.3, 0.4) is 0 Å². The monoisotopic (exact) mass is 489 g/mol. The summed E-state index contributed by atoms with van der Waals surface area (Å²) in [5, 5.41) is 4.23. The van der Waals surface area contributed by atoms with E-state index in [4.69, 9.17) is 14.2 Å². The van der Waals surface area contributed by atoms with E-state index in [-0.39, 0.29) is 6.61 Å². The molecule has 2 aromatic heterocycles. The van der Waals surface area contributed by atoms with Crippen LogP contribution in [0.1, 0.15) is 22.7 Å². The van der Waals surface area contributed by atoms with Gasteiger partial charge in [0, 0.05) is 17.4 Å². The fourth-order valence-corrected chi connectivity index (χ4v) is 3.98. The summed E-state index contributed by atoms with van der Waals surface area (Å²) in [6, 6.07) is 24.3. The second kappa shape index (κ2) is 9.83. The van der Waals surface area contributed by atoms with Crippen LogP contribution in [0.4, 0.5) is 13.2 Å². The minimum absolute atomic E-state index is 0.154. The van der Waals surface area contributed by atoms with Gasteiger partial charge < -0.3 is 13.8 Å². The standard InChI is InChI=1S/C28H22F3N3O2/c1-19-26(27(33-36-19)21-10-6-3-7-11-21)24-16-34(23-14-12-22(13-15-23)28(29,30)31)25(32-24)18-35-17-20-8-4-2-5-9-20/h2-16H,17-18H2,1H3. The maximum atomic E-state index is 13.1. The van der Waals surface area contributed by atoms with E-state index in [2.05, 4.69) is 5.16 Å². The molecule has 3 aromatic carbocycles. The number of alkyl halides is 3. The molecule has 0 fully saturated rings. The highest BCUT2D eigenvalue weighted by molar-refractivity contribution is 5.80. The van der Waals surface area contributed by atoms with Gasteiger partial charge in [-0.2, -0.15) is 13.2 Å². The molecule has 0 N–H and O–H groups in total. The Bertz CT molecular complexity index is 1440. The van der Waals surface area contributed by atoms with Crippen molar-refractivity contribution in [2.24, 2.45) is 0 Å². The van der Waals surface area contributed by atoms with Gasteiger partial charge in [0.25, 0.3) is 0 Å². The highest BCUT2D eigenvalue weighted by atomic mass is 19.4. The zero-order valence-corrected chi connectivity index (χ0v) is 19.4. The van der Waals surface area contributed by atoms with Gasteiger partial charge in [0.1, 0.15) is 23.9 Å². The molecule has 0 saturated heterocycles. The molecule has 0 radical (unpaired) electrons. The molecule has 0 unspecified atom stereocenters. The molecule has 0 aliphatic heterocycles. The Balaban J connectivity index is 1.53. The highest BCUT2D eigenvalue weighted by Crippen LogP contribution is 2.35. The maximum Gasteiger partial charge on any atom is 0.416 e. The molecule has 2 heterocycles. The minimum Gasteiger partial charge on any atom is -0.369 e. The van der Waals surface area contributed by atoms with Crippen LogP contribution < -0.4 is 0 Å². The summed E-state index contributed by atoms with van der Waals surface area (Å²) in [5.41, 5.74) is 3.65. The molecule has 5 aromatic rings. The van der Waals surface area contributed by atoms with Gasteiger partial charge in [-0.15, -0.1) is 0 Å². The van der Waals surface area contributed by atoms with Crippen LogP contribution >= 0.6 is 0 Å². The van der Waals surface area contributed by atoms with Crippen molar-refractivity contribution in [1.29, 1.82) is 0 Å². The Hall–Kier alpha value is -4.17. The number of nitrogens with zero attached hydrogens (tertiary/aromatic N) is 3. The molecular formula is C28H22F3N3O2. The third kappa shape index (κ3) is 4.94. The molecule has 0 spiro atoms. The van der Waals surface area contributed by atoms with Gasteiger partial charge in [0.2, 0.25) is 0 Å². The third-order valence-electron chi connectivity index (χ3n) is 5.76. The van der Waals surface area contributed by atoms with Crippen LogP contribution in [0.5, 0.6) is 0 Å². The lowest BCUT2D eigenvalue weighted by molar-refractivity contribution is -0.137. The predicted molar refractivity (Wildman–Crippen MR) is 129 cm³/mol. The second-order valence-electron chi connectivity index (χ2n) is 8.26. The third-order valence-corrected chi connectivity index (χ3v) is 5.76. The Morgan fingerprint density at radius 3 is 2.19 bits per heavy atom. The molecule has 0 atom stereocenters. The number of hydrogen-bond acceptors (Lipinski definition) is 4. The number of aromatic nitrogens is 3. The van der Waals surface area contributed by atoms with E-state index < -0.39 is 11.7 Å². The zero-order valence-electron chi connectivity index (χ0n) is 19.4. The maximum absolute atomic E-state index is 13.1. The number of benzene rings is 3. The Morgan fingerprint density at radius 2 is 1.53 bits per heavy atom. The van der Waals surface area contributed by atoms with Crippen molar-refractivity contribution < 1.29 is 22.4 Å². The average Bonchev–Trinajstić information content (AvgIpc) is 3.48. The Morgan fingerprint density at radius 1 is 0.861 bits per heavy atom. The van der Waals surface area contributed by atoms with Crippen molar-refractivity contribution in [2.75, 3.05) is 0 Å². The summed E-state index contributed by atoms with van der Waals surface area (Å²) in [6.45, 7) is 2.33. The molecule has 8 heteroatoms. The molecule has 0 saturated carbocycles. The molecule has 0 bridgehead atoms. The van der Waals surface area contributed by atoms with Crippen LogP contribution in [-0.4, -0.2) is 14.7 Å². The fourth-order valence-electron chi connectivity index (χ4n) is 3.98. The normalized spacial score (nSPS) is 11.7. The van der Waals surface area contributed by atoms with E-state index in [1.807, 2.05) is 60.7 Å². The fraction of sp³-hybridized carbons (Fsp3) is 0.143. The molecular weight excluding hydrogens is 467 g/mol. The quantitative estimate of drug-likeness (QED) is 0.242. The number of halogens is 3. The summed E-state index contributed by atoms with van der Waals surface area (Å²) >= 11 is 0. The predicted octanol–water partition coefficient (Wildman–Crippen LogP) is 7.24. The van der Waals surface area contributed by atoms with Gasteiger partial charge in [0.15, 0.2) is 0 Å². The van der Waals surface area contributed by atoms with Crippen LogP contribution in [0.2, 0.25) is 0 Å². The molecule has 182 valence electrons. The molecule has 0 aliphatic carbocycles. The summed E-state index contributed by atoms with van der Waals surface area (Å²) in [5.74, 6) is 1.13. The summed E-state index contributed by atoms with van der Waals surface area (Å²) in [4.78, 5) is 4.79. The average molecular weight is 489 g/mol. The Kier molecular flexibility index (Phi) is 6.43. The first-order chi connectivity index (χ1) is 17.4. The molecule has 36 heavy (non-hydrogen) atoms. The molecule has 5 rings (SSSR count). The topological polar surface area (TPSA) is 53.1 Å². The second-order valence-corrected chi connectivity index (χ2v) is 8.26. The zero-order chi connectivity index (χ0) is 25.1. The van der Waals surface area contributed by atoms with Gasteiger partial charge in [-0.05, 0) is 36.8 Å². The molecule has 0 amide bonds. The van der Waals surface area contributed by atoms with Crippen LogP contribution in [0.15, 0.2) is 95.6 Å². The largest absolute Gasteiger partial charge is 0.416 e. The Labute approximate surface area is 205 Å². The van der Waals surface area contributed by atoms with Crippen LogP contribution in [0.25, 0.3) is 28.2 Å². The SMILES string of the molecule is Cc1onc(-c2ccccc2)c1-c1cn(-c2ccc(C(F)(F)F)cc2)c(COCc2ccccc2)n1. The summed E-state index contributed by atoms with van der Waals surface area (Å²) in [6.07, 6.45) is -2.64. The van der Waals surface area contributed by atoms with Gasteiger partial charge in [-0.3, -0.25) is 0 Å². The minimum atomic E-state index is -4.41. The van der Waals surface area contributed by atoms with Crippen molar-refractivity contribution in [1.82, 2.24) is 14.7 Å². The lowest BCUT2D eigenvalue weighted by Gasteiger charge is -2.11. The smallest absolute Gasteiger partial charge is 0.369 e. The van der Waals surface area contributed by atoms with Crippen molar-refractivity contribution in [3.63, 3.8) is 0 Å². The molecule has 5 nitrogen and oxygen atoms in total. The van der Waals surface area contributed by atoms with E-state index in [0.29, 0.717) is 35.3 Å². The van der Waals surface area contributed by atoms with E-state index in [0.717, 1.165) is 28.8 Å². The number of hydrogen-bond donors (Lipinski definition) is 0. The summed E-state index contributed by atoms with van der Waals surface area (Å²) < 4.78 is 52.5. The van der Waals surface area contributed by atoms with Crippen molar-refractivity contribution >= 4 is 0 Å². The molecule has 0 aliphatic rings. The summed E-state index contributed by atoms with van der Waals surface area (Å²) in [7, 11) is 0. The first kappa shape index (κ1) is 23.6. The van der Waals surface area contributed by atoms with Gasteiger partial charge in [0.05, 0.1) is 23.4 Å². The van der Waals surface area contributed by atoms with Crippen LogP contribution in [0, 0.1) is 6.92 Å². The number of ether oxygens (including phenoxy) is 1. The number of aryl methyl sites for hydroxylation is 1. The van der Waals surface area contributed by atoms with E-state index in [1.165, 1.54) is 12.1 Å². The highest BCUT2D eigenvalue weighted by Gasteiger charge is 2.30. The lowest BCUT2D eigenvalue weighted by Crippen LogP contribution is -2.06. The van der Waals surface area contributed by atoms with E-state index in [1.54, 1.807) is 17.7 Å². The van der Waals surface area contributed by atoms with Crippen molar-refractivity contribution in [3.8, 4) is 28.2 Å². The first-order valence-corrected chi connectivity index (χ1v) is 11.3. The van der Waals surface area contributed by atoms with E-state index >= 15 is 0 Å². The van der Waals surface area contributed by atoms with Gasteiger partial charge in [-0.25, -0.2) is 4.98 Å². The van der Waals surface area contributed by atoms with Gasteiger partial charge in [-0.1, -0.05) is 65.8 Å². The van der Waals surface area contributed by atoms with Gasteiger partial charge >= 0.3 is 6.18 Å². The van der Waals surface area contributed by atoms with Crippen molar-refractivity contribution in [2.45, 2.75) is 26.3 Å². The lowest BCUT2D eigenvalue weighted by atomic mass is 10.0. The van der Waals surface area contributed by atoms with Crippen LogP contribution in [-0.2, 0) is 24.1 Å². The van der Waals surface area contributed by atoms with E-state index in [9.17, 15) is 13.2 Å². The number of imidazole rings is 1. The van der Waals surface area contributed by atoms with Crippen molar-refractivity contribution in [3.05, 3.63) is 114 Å².